The fraction of sp³-hybridized carbons (Fsp3) is 0.318. The maximum absolute atomic E-state index is 12.7. The van der Waals surface area contributed by atoms with E-state index in [0.29, 0.717) is 5.16 Å². The first-order valence-electron chi connectivity index (χ1n) is 9.40. The second-order valence-corrected chi connectivity index (χ2v) is 9.07. The summed E-state index contributed by atoms with van der Waals surface area (Å²) >= 11 is 1.36. The first-order chi connectivity index (χ1) is 13.8. The van der Waals surface area contributed by atoms with Gasteiger partial charge in [-0.2, -0.15) is 0 Å². The highest BCUT2D eigenvalue weighted by Gasteiger charge is 2.19. The molecule has 1 unspecified atom stereocenters. The van der Waals surface area contributed by atoms with Crippen LogP contribution in [0.25, 0.3) is 5.69 Å². The van der Waals surface area contributed by atoms with Crippen LogP contribution in [-0.4, -0.2) is 33.0 Å². The average molecular weight is 411 g/mol. The van der Waals surface area contributed by atoms with Crippen LogP contribution in [0.4, 0.5) is 5.69 Å². The third-order valence-corrected chi connectivity index (χ3v) is 5.57. The summed E-state index contributed by atoms with van der Waals surface area (Å²) in [4.78, 5) is 12.7. The van der Waals surface area contributed by atoms with Crippen LogP contribution in [0.15, 0.2) is 60.0 Å². The number of carbonyl (C=O) groups is 1. The standard InChI is InChI=1S/C22H26N4O2S/c1-15(20(27)24-17-11-9-16(10-12-17)22(2,3)4)29-21-25-23-14-26(21)18-7-6-8-19(13-18)28-5/h6-15H,1-5H3,(H,24,27). The van der Waals surface area contributed by atoms with Gasteiger partial charge in [0.25, 0.3) is 0 Å². The number of aromatic nitrogens is 3. The molecule has 7 heteroatoms. The Morgan fingerprint density at radius 3 is 2.55 bits per heavy atom. The van der Waals surface area contributed by atoms with Gasteiger partial charge >= 0.3 is 0 Å². The van der Waals surface area contributed by atoms with Crippen LogP contribution in [0.1, 0.15) is 33.3 Å². The van der Waals surface area contributed by atoms with Crippen molar-refractivity contribution in [1.29, 1.82) is 0 Å². The van der Waals surface area contributed by atoms with Crippen molar-refractivity contribution >= 4 is 23.4 Å². The number of nitrogens with zero attached hydrogens (tertiary/aromatic N) is 3. The van der Waals surface area contributed by atoms with Gasteiger partial charge in [-0.25, -0.2) is 0 Å². The van der Waals surface area contributed by atoms with Gasteiger partial charge in [-0.05, 0) is 42.2 Å². The number of carbonyl (C=O) groups excluding carboxylic acids is 1. The maximum Gasteiger partial charge on any atom is 0.237 e. The van der Waals surface area contributed by atoms with Gasteiger partial charge in [0.05, 0.1) is 18.0 Å². The van der Waals surface area contributed by atoms with Gasteiger partial charge in [0, 0.05) is 11.8 Å². The van der Waals surface area contributed by atoms with E-state index in [9.17, 15) is 4.79 Å². The molecule has 1 aromatic heterocycles. The Labute approximate surface area is 175 Å². The Balaban J connectivity index is 1.68. The minimum absolute atomic E-state index is 0.0792. The predicted octanol–water partition coefficient (Wildman–Crippen LogP) is 4.69. The van der Waals surface area contributed by atoms with Gasteiger partial charge in [0.15, 0.2) is 5.16 Å². The number of hydrogen-bond acceptors (Lipinski definition) is 5. The summed E-state index contributed by atoms with van der Waals surface area (Å²) in [6, 6.07) is 15.6. The highest BCUT2D eigenvalue weighted by Crippen LogP contribution is 2.27. The lowest BCUT2D eigenvalue weighted by atomic mass is 9.87. The number of methoxy groups -OCH3 is 1. The Bertz CT molecular complexity index is 977. The van der Waals surface area contributed by atoms with Crippen LogP contribution in [0.5, 0.6) is 5.75 Å². The fourth-order valence-corrected chi connectivity index (χ4v) is 3.59. The van der Waals surface area contributed by atoms with Crippen molar-refractivity contribution in [2.24, 2.45) is 0 Å². The molecule has 3 rings (SSSR count). The number of rotatable bonds is 6. The Kier molecular flexibility index (Phi) is 6.27. The lowest BCUT2D eigenvalue weighted by molar-refractivity contribution is -0.115. The van der Waals surface area contributed by atoms with Crippen LogP contribution in [0.3, 0.4) is 0 Å². The molecule has 0 spiro atoms. The van der Waals surface area contributed by atoms with Crippen LogP contribution in [0, 0.1) is 0 Å². The molecule has 0 aliphatic carbocycles. The zero-order valence-corrected chi connectivity index (χ0v) is 18.2. The molecule has 29 heavy (non-hydrogen) atoms. The number of nitrogens with one attached hydrogen (secondary N) is 1. The van der Waals surface area contributed by atoms with Gasteiger partial charge in [-0.3, -0.25) is 9.36 Å². The molecule has 2 aromatic carbocycles. The molecule has 6 nitrogen and oxygen atoms in total. The third kappa shape index (κ3) is 5.17. The highest BCUT2D eigenvalue weighted by atomic mass is 32.2. The van der Waals surface area contributed by atoms with Gasteiger partial charge in [-0.1, -0.05) is 50.7 Å². The van der Waals surface area contributed by atoms with E-state index in [1.807, 2.05) is 60.0 Å². The minimum Gasteiger partial charge on any atom is -0.497 e. The summed E-state index contributed by atoms with van der Waals surface area (Å²) in [5.41, 5.74) is 2.96. The molecule has 0 saturated heterocycles. The van der Waals surface area contributed by atoms with Crippen molar-refractivity contribution in [2.75, 3.05) is 12.4 Å². The van der Waals surface area contributed by atoms with Crippen molar-refractivity contribution in [3.8, 4) is 11.4 Å². The number of amides is 1. The van der Waals surface area contributed by atoms with E-state index in [1.165, 1.54) is 17.3 Å². The number of benzene rings is 2. The Morgan fingerprint density at radius 2 is 1.90 bits per heavy atom. The average Bonchev–Trinajstić information content (AvgIpc) is 3.15. The maximum atomic E-state index is 12.7. The first kappa shape index (κ1) is 20.9. The van der Waals surface area contributed by atoms with Crippen molar-refractivity contribution in [3.05, 3.63) is 60.4 Å². The summed E-state index contributed by atoms with van der Waals surface area (Å²) in [5, 5.41) is 11.4. The van der Waals surface area contributed by atoms with Gasteiger partial charge < -0.3 is 10.1 Å². The Hall–Kier alpha value is -2.80. The largest absolute Gasteiger partial charge is 0.497 e. The predicted molar refractivity (Wildman–Crippen MR) is 117 cm³/mol. The van der Waals surface area contributed by atoms with Gasteiger partial charge in [0.2, 0.25) is 5.91 Å². The summed E-state index contributed by atoms with van der Waals surface area (Å²) in [6.07, 6.45) is 1.63. The third-order valence-electron chi connectivity index (χ3n) is 4.52. The molecule has 0 radical (unpaired) electrons. The van der Waals surface area contributed by atoms with Crippen molar-refractivity contribution < 1.29 is 9.53 Å². The molecule has 1 amide bonds. The smallest absolute Gasteiger partial charge is 0.237 e. The van der Waals surface area contributed by atoms with Crippen molar-refractivity contribution in [2.45, 2.75) is 43.5 Å². The normalized spacial score (nSPS) is 12.4. The molecule has 0 bridgehead atoms. The Morgan fingerprint density at radius 1 is 1.17 bits per heavy atom. The molecule has 3 aromatic rings. The van der Waals surface area contributed by atoms with E-state index in [1.54, 1.807) is 13.4 Å². The molecule has 0 aliphatic rings. The van der Waals surface area contributed by atoms with E-state index in [-0.39, 0.29) is 16.6 Å². The number of ether oxygens (including phenoxy) is 1. The molecule has 0 fully saturated rings. The minimum atomic E-state index is -0.342. The van der Waals surface area contributed by atoms with E-state index >= 15 is 0 Å². The second kappa shape index (κ2) is 8.69. The molecule has 152 valence electrons. The lowest BCUT2D eigenvalue weighted by Crippen LogP contribution is -2.23. The summed E-state index contributed by atoms with van der Waals surface area (Å²) in [6.45, 7) is 8.35. The fourth-order valence-electron chi connectivity index (χ4n) is 2.75. The van der Waals surface area contributed by atoms with Gasteiger partial charge in [0.1, 0.15) is 12.1 Å². The van der Waals surface area contributed by atoms with E-state index in [0.717, 1.165) is 17.1 Å². The van der Waals surface area contributed by atoms with Crippen LogP contribution >= 0.6 is 11.8 Å². The summed E-state index contributed by atoms with van der Waals surface area (Å²) in [5.74, 6) is 0.662. The summed E-state index contributed by atoms with van der Waals surface area (Å²) < 4.78 is 7.13. The zero-order chi connectivity index (χ0) is 21.0. The van der Waals surface area contributed by atoms with Crippen molar-refractivity contribution in [3.63, 3.8) is 0 Å². The molecule has 1 N–H and O–H groups in total. The first-order valence-corrected chi connectivity index (χ1v) is 10.3. The second-order valence-electron chi connectivity index (χ2n) is 7.76. The lowest BCUT2D eigenvalue weighted by Gasteiger charge is -2.19. The van der Waals surface area contributed by atoms with Crippen LogP contribution in [-0.2, 0) is 10.2 Å². The molecular weight excluding hydrogens is 384 g/mol. The van der Waals surface area contributed by atoms with E-state index < -0.39 is 0 Å². The van der Waals surface area contributed by atoms with Crippen LogP contribution < -0.4 is 10.1 Å². The molecular formula is C22H26N4O2S. The van der Waals surface area contributed by atoms with Crippen LogP contribution in [0.2, 0.25) is 0 Å². The molecule has 1 atom stereocenters. The number of anilines is 1. The summed E-state index contributed by atoms with van der Waals surface area (Å²) in [7, 11) is 1.63. The monoisotopic (exact) mass is 410 g/mol. The number of hydrogen-bond donors (Lipinski definition) is 1. The quantitative estimate of drug-likeness (QED) is 0.597. The highest BCUT2D eigenvalue weighted by molar-refractivity contribution is 8.00. The van der Waals surface area contributed by atoms with E-state index in [4.69, 9.17) is 4.74 Å². The molecule has 1 heterocycles. The van der Waals surface area contributed by atoms with E-state index in [2.05, 4.69) is 36.3 Å². The molecule has 0 aliphatic heterocycles. The SMILES string of the molecule is COc1cccc(-n2cnnc2SC(C)C(=O)Nc2ccc(C(C)(C)C)cc2)c1. The molecule has 0 saturated carbocycles. The number of thioether (sulfide) groups is 1. The topological polar surface area (TPSA) is 69.0 Å². The van der Waals surface area contributed by atoms with Crippen molar-refractivity contribution in [1.82, 2.24) is 14.8 Å². The zero-order valence-electron chi connectivity index (χ0n) is 17.3. The van der Waals surface area contributed by atoms with Gasteiger partial charge in [-0.15, -0.1) is 10.2 Å².